The summed E-state index contributed by atoms with van der Waals surface area (Å²) in [6, 6.07) is 9.81. The molecule has 4 heteroatoms. The average Bonchev–Trinajstić information content (AvgIpc) is 2.99. The van der Waals surface area contributed by atoms with E-state index in [0.29, 0.717) is 0 Å². The zero-order chi connectivity index (χ0) is 14.9. The molecule has 3 nitrogen and oxygen atoms in total. The second kappa shape index (κ2) is 8.17. The van der Waals surface area contributed by atoms with Gasteiger partial charge in [-0.2, -0.15) is 0 Å². The molecule has 1 aromatic carbocycles. The van der Waals surface area contributed by atoms with Crippen LogP contribution in [0.3, 0.4) is 0 Å². The van der Waals surface area contributed by atoms with Gasteiger partial charge in [0.2, 0.25) is 0 Å². The van der Waals surface area contributed by atoms with E-state index in [9.17, 15) is 0 Å². The molecule has 1 heterocycles. The van der Waals surface area contributed by atoms with E-state index in [1.54, 1.807) is 7.11 Å². The normalized spacial score (nSPS) is 11.9. The molecule has 0 unspecified atom stereocenters. The van der Waals surface area contributed by atoms with Crippen molar-refractivity contribution in [3.8, 4) is 5.75 Å². The topological polar surface area (TPSA) is 35.3 Å². The van der Waals surface area contributed by atoms with Crippen molar-refractivity contribution in [2.75, 3.05) is 13.4 Å². The molecule has 0 saturated carbocycles. The van der Waals surface area contributed by atoms with E-state index in [1.807, 2.05) is 73.0 Å². The maximum Gasteiger partial charge on any atom is 0.193 e. The SMILES string of the molecule is COc1ccc(/C=C/C=C/C=C/c2cc(SC)on2)cc1. The Bertz CT molecular complexity index is 639. The molecular weight excluding hydrogens is 282 g/mol. The van der Waals surface area contributed by atoms with E-state index >= 15 is 0 Å². The van der Waals surface area contributed by atoms with E-state index < -0.39 is 0 Å². The Hall–Kier alpha value is -2.20. The highest BCUT2D eigenvalue weighted by Gasteiger charge is 1.97. The minimum atomic E-state index is 0.818. The molecule has 2 rings (SSSR count). The molecule has 0 amide bonds. The molecule has 0 atom stereocenters. The average molecular weight is 299 g/mol. The van der Waals surface area contributed by atoms with Crippen LogP contribution in [0.5, 0.6) is 5.75 Å². The van der Waals surface area contributed by atoms with Crippen LogP contribution in [0.1, 0.15) is 11.3 Å². The summed E-state index contributed by atoms with van der Waals surface area (Å²) >= 11 is 1.54. The van der Waals surface area contributed by atoms with Crippen molar-refractivity contribution < 1.29 is 9.26 Å². The van der Waals surface area contributed by atoms with Crippen LogP contribution in [-0.2, 0) is 0 Å². The molecule has 0 aliphatic carbocycles. The van der Waals surface area contributed by atoms with E-state index in [1.165, 1.54) is 11.8 Å². The number of aromatic nitrogens is 1. The summed E-state index contributed by atoms with van der Waals surface area (Å²) in [4.78, 5) is 0. The van der Waals surface area contributed by atoms with Crippen LogP contribution in [0.2, 0.25) is 0 Å². The third-order valence-electron chi connectivity index (χ3n) is 2.71. The largest absolute Gasteiger partial charge is 0.497 e. The zero-order valence-corrected chi connectivity index (χ0v) is 12.8. The predicted molar refractivity (Wildman–Crippen MR) is 88.5 cm³/mol. The van der Waals surface area contributed by atoms with Crippen molar-refractivity contribution in [1.29, 1.82) is 0 Å². The van der Waals surface area contributed by atoms with Crippen LogP contribution in [0, 0.1) is 0 Å². The van der Waals surface area contributed by atoms with Crippen molar-refractivity contribution in [2.45, 2.75) is 5.09 Å². The Balaban J connectivity index is 1.85. The Morgan fingerprint density at radius 2 is 1.76 bits per heavy atom. The number of methoxy groups -OCH3 is 1. The maximum atomic E-state index is 5.12. The number of ether oxygens (including phenoxy) is 1. The summed E-state index contributed by atoms with van der Waals surface area (Å²) in [7, 11) is 1.66. The summed E-state index contributed by atoms with van der Waals surface area (Å²) in [5.41, 5.74) is 1.95. The fourth-order valence-electron chi connectivity index (χ4n) is 1.61. The Morgan fingerprint density at radius 3 is 2.38 bits per heavy atom. The van der Waals surface area contributed by atoms with Gasteiger partial charge in [0, 0.05) is 6.07 Å². The molecular formula is C17H17NO2S. The molecule has 21 heavy (non-hydrogen) atoms. The molecule has 108 valence electrons. The summed E-state index contributed by atoms with van der Waals surface area (Å²) in [6.07, 6.45) is 13.7. The molecule has 2 aromatic rings. The minimum Gasteiger partial charge on any atom is -0.497 e. The highest BCUT2D eigenvalue weighted by molar-refractivity contribution is 7.98. The third kappa shape index (κ3) is 5.00. The van der Waals surface area contributed by atoms with Crippen molar-refractivity contribution in [3.05, 3.63) is 65.9 Å². The van der Waals surface area contributed by atoms with Gasteiger partial charge in [0.15, 0.2) is 5.09 Å². The van der Waals surface area contributed by atoms with Gasteiger partial charge in [-0.05, 0) is 30.0 Å². The first-order chi connectivity index (χ1) is 10.3. The number of allylic oxidation sites excluding steroid dienone is 4. The number of thioether (sulfide) groups is 1. The van der Waals surface area contributed by atoms with Gasteiger partial charge in [0.1, 0.15) is 11.4 Å². The molecule has 0 bridgehead atoms. The lowest BCUT2D eigenvalue weighted by Gasteiger charge is -1.98. The number of hydrogen-bond donors (Lipinski definition) is 0. The van der Waals surface area contributed by atoms with Crippen LogP contribution in [0.4, 0.5) is 0 Å². The minimum absolute atomic E-state index is 0.818. The highest BCUT2D eigenvalue weighted by Crippen LogP contribution is 2.16. The fourth-order valence-corrected chi connectivity index (χ4v) is 1.96. The fraction of sp³-hybridized carbons (Fsp3) is 0.118. The standard InChI is InChI=1S/C17H17NO2S/c1-19-16-11-9-14(10-12-16)7-5-3-4-6-8-15-13-17(21-2)20-18-15/h3-13H,1-2H3/b4-3+,7-5+,8-6+. The zero-order valence-electron chi connectivity index (χ0n) is 12.0. The first-order valence-corrected chi connectivity index (χ1v) is 7.70. The van der Waals surface area contributed by atoms with Crippen molar-refractivity contribution in [3.63, 3.8) is 0 Å². The van der Waals surface area contributed by atoms with Crippen LogP contribution in [0.15, 0.2) is 64.3 Å². The maximum absolute atomic E-state index is 5.12. The highest BCUT2D eigenvalue weighted by atomic mass is 32.2. The van der Waals surface area contributed by atoms with Crippen molar-refractivity contribution in [2.24, 2.45) is 0 Å². The van der Waals surface area contributed by atoms with Gasteiger partial charge < -0.3 is 9.26 Å². The van der Waals surface area contributed by atoms with E-state index in [-0.39, 0.29) is 0 Å². The molecule has 0 radical (unpaired) electrons. The molecule has 0 aliphatic rings. The molecule has 0 N–H and O–H groups in total. The summed E-state index contributed by atoms with van der Waals surface area (Å²) in [5.74, 6) is 0.864. The van der Waals surface area contributed by atoms with Gasteiger partial charge in [-0.3, -0.25) is 0 Å². The predicted octanol–water partition coefficient (Wildman–Crippen LogP) is 4.69. The summed E-state index contributed by atoms with van der Waals surface area (Å²) in [6.45, 7) is 0. The van der Waals surface area contributed by atoms with Gasteiger partial charge >= 0.3 is 0 Å². The Morgan fingerprint density at radius 1 is 1.05 bits per heavy atom. The molecule has 0 aliphatic heterocycles. The smallest absolute Gasteiger partial charge is 0.193 e. The van der Waals surface area contributed by atoms with Gasteiger partial charge in [-0.1, -0.05) is 59.4 Å². The van der Waals surface area contributed by atoms with Gasteiger partial charge in [-0.15, -0.1) is 0 Å². The quantitative estimate of drug-likeness (QED) is 0.572. The monoisotopic (exact) mass is 299 g/mol. The van der Waals surface area contributed by atoms with Crippen molar-refractivity contribution in [1.82, 2.24) is 5.16 Å². The molecule has 0 spiro atoms. The first kappa shape index (κ1) is 15.2. The second-order valence-electron chi connectivity index (χ2n) is 4.15. The Labute approximate surface area is 129 Å². The number of benzene rings is 1. The third-order valence-corrected chi connectivity index (χ3v) is 3.31. The van der Waals surface area contributed by atoms with Crippen LogP contribution >= 0.6 is 11.8 Å². The molecule has 0 fully saturated rings. The van der Waals surface area contributed by atoms with Gasteiger partial charge in [0.25, 0.3) is 0 Å². The molecule has 1 aromatic heterocycles. The Kier molecular flexibility index (Phi) is 5.91. The lowest BCUT2D eigenvalue weighted by Crippen LogP contribution is -1.81. The number of rotatable bonds is 6. The van der Waals surface area contributed by atoms with E-state index in [0.717, 1.165) is 22.1 Å². The molecule has 0 saturated heterocycles. The number of nitrogens with zero attached hydrogens (tertiary/aromatic N) is 1. The summed E-state index contributed by atoms with van der Waals surface area (Å²) in [5, 5.41) is 4.74. The van der Waals surface area contributed by atoms with E-state index in [4.69, 9.17) is 9.26 Å². The lowest BCUT2D eigenvalue weighted by atomic mass is 10.2. The van der Waals surface area contributed by atoms with Crippen LogP contribution in [-0.4, -0.2) is 18.5 Å². The lowest BCUT2D eigenvalue weighted by molar-refractivity contribution is 0.349. The van der Waals surface area contributed by atoms with E-state index in [2.05, 4.69) is 5.16 Å². The summed E-state index contributed by atoms with van der Waals surface area (Å²) < 4.78 is 10.2. The first-order valence-electron chi connectivity index (χ1n) is 6.48. The van der Waals surface area contributed by atoms with Gasteiger partial charge in [0.05, 0.1) is 7.11 Å². The number of hydrogen-bond acceptors (Lipinski definition) is 4. The van der Waals surface area contributed by atoms with Gasteiger partial charge in [-0.25, -0.2) is 0 Å². The second-order valence-corrected chi connectivity index (χ2v) is 4.96. The van der Waals surface area contributed by atoms with Crippen molar-refractivity contribution >= 4 is 23.9 Å². The van der Waals surface area contributed by atoms with Crippen LogP contribution < -0.4 is 4.74 Å². The van der Waals surface area contributed by atoms with Crippen LogP contribution in [0.25, 0.3) is 12.2 Å².